The van der Waals surface area contributed by atoms with Crippen molar-refractivity contribution in [2.24, 2.45) is 0 Å². The molecule has 0 spiro atoms. The smallest absolute Gasteiger partial charge is 0.326 e. The molecule has 1 atom stereocenters. The van der Waals surface area contributed by atoms with Gasteiger partial charge >= 0.3 is 5.97 Å². The summed E-state index contributed by atoms with van der Waals surface area (Å²) >= 11 is 5.69. The molecule has 1 N–H and O–H groups in total. The number of carbonyl (C=O) groups excluding carboxylic acids is 1. The van der Waals surface area contributed by atoms with E-state index in [1.165, 1.54) is 19.1 Å². The predicted octanol–water partition coefficient (Wildman–Crippen LogP) is 3.60. The summed E-state index contributed by atoms with van der Waals surface area (Å²) in [5.41, 5.74) is 0.547. The number of anilines is 1. The lowest BCUT2D eigenvalue weighted by molar-refractivity contribution is -0.138. The lowest BCUT2D eigenvalue weighted by atomic mass is 10.1. The maximum atomic E-state index is 13.2. The molecule has 0 unspecified atom stereocenters. The maximum absolute atomic E-state index is 13.2. The first-order valence-corrected chi connectivity index (χ1v) is 6.86. The summed E-state index contributed by atoms with van der Waals surface area (Å²) in [6.07, 6.45) is 0. The van der Waals surface area contributed by atoms with E-state index >= 15 is 0 Å². The van der Waals surface area contributed by atoms with Gasteiger partial charge in [-0.2, -0.15) is 0 Å². The maximum Gasteiger partial charge on any atom is 0.326 e. The zero-order chi connectivity index (χ0) is 16.3. The van der Waals surface area contributed by atoms with Crippen molar-refractivity contribution in [3.05, 3.63) is 64.9 Å². The standard InChI is InChI=1S/C16H13ClFNO3/c1-10(16(21)22)19(12-5-3-2-4-6-12)15(20)11-7-8-14(18)13(17)9-11/h2-10H,1H3,(H,21,22)/t10-/m0/s1. The van der Waals surface area contributed by atoms with Gasteiger partial charge < -0.3 is 5.11 Å². The van der Waals surface area contributed by atoms with Gasteiger partial charge in [0.15, 0.2) is 0 Å². The number of hydrogen-bond donors (Lipinski definition) is 1. The fourth-order valence-electron chi connectivity index (χ4n) is 1.98. The van der Waals surface area contributed by atoms with Crippen LogP contribution in [0.2, 0.25) is 5.02 Å². The lowest BCUT2D eigenvalue weighted by Crippen LogP contribution is -2.43. The summed E-state index contributed by atoms with van der Waals surface area (Å²) < 4.78 is 13.2. The molecule has 0 aliphatic heterocycles. The minimum Gasteiger partial charge on any atom is -0.480 e. The van der Waals surface area contributed by atoms with Crippen LogP contribution in [0.3, 0.4) is 0 Å². The fourth-order valence-corrected chi connectivity index (χ4v) is 2.16. The Morgan fingerprint density at radius 1 is 1.18 bits per heavy atom. The third kappa shape index (κ3) is 3.26. The number of hydrogen-bond acceptors (Lipinski definition) is 2. The molecule has 0 radical (unpaired) electrons. The van der Waals surface area contributed by atoms with Crippen molar-refractivity contribution >= 4 is 29.2 Å². The second kappa shape index (κ2) is 6.58. The van der Waals surface area contributed by atoms with Crippen LogP contribution >= 0.6 is 11.6 Å². The highest BCUT2D eigenvalue weighted by Crippen LogP contribution is 2.22. The van der Waals surface area contributed by atoms with Crippen molar-refractivity contribution in [3.63, 3.8) is 0 Å². The van der Waals surface area contributed by atoms with Gasteiger partial charge in [-0.15, -0.1) is 0 Å². The molecular weight excluding hydrogens is 309 g/mol. The molecule has 0 saturated carbocycles. The normalized spacial score (nSPS) is 11.8. The van der Waals surface area contributed by atoms with Gasteiger partial charge in [0.25, 0.3) is 5.91 Å². The van der Waals surface area contributed by atoms with Gasteiger partial charge in [0.2, 0.25) is 0 Å². The number of rotatable bonds is 4. The van der Waals surface area contributed by atoms with Crippen molar-refractivity contribution in [3.8, 4) is 0 Å². The van der Waals surface area contributed by atoms with Crippen molar-refractivity contribution in [2.75, 3.05) is 4.90 Å². The highest BCUT2D eigenvalue weighted by Gasteiger charge is 2.28. The van der Waals surface area contributed by atoms with Gasteiger partial charge in [0.05, 0.1) is 5.02 Å². The average Bonchev–Trinajstić information content (AvgIpc) is 2.51. The molecule has 0 aromatic heterocycles. The van der Waals surface area contributed by atoms with Gasteiger partial charge in [-0.25, -0.2) is 9.18 Å². The van der Waals surface area contributed by atoms with E-state index in [1.54, 1.807) is 30.3 Å². The molecule has 114 valence electrons. The number of carboxylic acids is 1. The first-order chi connectivity index (χ1) is 10.4. The Hall–Kier alpha value is -2.40. The minimum absolute atomic E-state index is 0.114. The van der Waals surface area contributed by atoms with Crippen LogP contribution in [0.25, 0.3) is 0 Å². The molecule has 0 aliphatic carbocycles. The van der Waals surface area contributed by atoms with Crippen LogP contribution in [0.1, 0.15) is 17.3 Å². The van der Waals surface area contributed by atoms with Gasteiger partial charge in [-0.3, -0.25) is 9.69 Å². The Balaban J connectivity index is 2.46. The molecule has 4 nitrogen and oxygen atoms in total. The van der Waals surface area contributed by atoms with Crippen LogP contribution < -0.4 is 4.90 Å². The number of amides is 1. The number of carboxylic acid groups (broad SMARTS) is 1. The molecule has 1 amide bonds. The lowest BCUT2D eigenvalue weighted by Gasteiger charge is -2.26. The average molecular weight is 322 g/mol. The Morgan fingerprint density at radius 2 is 1.82 bits per heavy atom. The summed E-state index contributed by atoms with van der Waals surface area (Å²) in [4.78, 5) is 25.1. The second-order valence-corrected chi connectivity index (χ2v) is 5.06. The monoisotopic (exact) mass is 321 g/mol. The van der Waals surface area contributed by atoms with E-state index in [9.17, 15) is 19.1 Å². The quantitative estimate of drug-likeness (QED) is 0.936. The van der Waals surface area contributed by atoms with Gasteiger partial charge in [0, 0.05) is 11.3 Å². The van der Waals surface area contributed by atoms with E-state index in [2.05, 4.69) is 0 Å². The Bertz CT molecular complexity index is 706. The van der Waals surface area contributed by atoms with Crippen LogP contribution in [0.15, 0.2) is 48.5 Å². The fraction of sp³-hybridized carbons (Fsp3) is 0.125. The molecule has 0 heterocycles. The van der Waals surface area contributed by atoms with E-state index in [0.29, 0.717) is 5.69 Å². The third-order valence-corrected chi connectivity index (χ3v) is 3.45. The molecule has 0 fully saturated rings. The Labute approximate surface area is 131 Å². The number of nitrogens with zero attached hydrogens (tertiary/aromatic N) is 1. The van der Waals surface area contributed by atoms with Crippen LogP contribution in [-0.4, -0.2) is 23.0 Å². The summed E-state index contributed by atoms with van der Waals surface area (Å²) in [5, 5.41) is 9.04. The second-order valence-electron chi connectivity index (χ2n) is 4.65. The highest BCUT2D eigenvalue weighted by molar-refractivity contribution is 6.31. The van der Waals surface area contributed by atoms with Crippen molar-refractivity contribution < 1.29 is 19.1 Å². The molecule has 0 bridgehead atoms. The summed E-state index contributed by atoms with van der Waals surface area (Å²) in [6, 6.07) is 10.8. The molecular formula is C16H13ClFNO3. The first-order valence-electron chi connectivity index (χ1n) is 6.48. The number of para-hydroxylation sites is 1. The van der Waals surface area contributed by atoms with E-state index in [4.69, 9.17) is 11.6 Å². The zero-order valence-corrected chi connectivity index (χ0v) is 12.4. The molecule has 0 saturated heterocycles. The highest BCUT2D eigenvalue weighted by atomic mass is 35.5. The Morgan fingerprint density at radius 3 is 2.36 bits per heavy atom. The SMILES string of the molecule is C[C@@H](C(=O)O)N(C(=O)c1ccc(F)c(Cl)c1)c1ccccc1. The van der Waals surface area contributed by atoms with Crippen LogP contribution in [0, 0.1) is 5.82 Å². The number of carbonyl (C=O) groups is 2. The van der Waals surface area contributed by atoms with Crippen LogP contribution in [0.5, 0.6) is 0 Å². The topological polar surface area (TPSA) is 57.6 Å². The van der Waals surface area contributed by atoms with Gasteiger partial charge in [-0.1, -0.05) is 29.8 Å². The third-order valence-electron chi connectivity index (χ3n) is 3.16. The molecule has 22 heavy (non-hydrogen) atoms. The van der Waals surface area contributed by atoms with E-state index in [-0.39, 0.29) is 10.6 Å². The molecule has 2 rings (SSSR count). The summed E-state index contributed by atoms with van der Waals surface area (Å²) in [5.74, 6) is -2.36. The molecule has 2 aromatic carbocycles. The molecule has 0 aliphatic rings. The van der Waals surface area contributed by atoms with Crippen molar-refractivity contribution in [1.29, 1.82) is 0 Å². The Kier molecular flexibility index (Phi) is 4.78. The minimum atomic E-state index is -1.15. The first kappa shape index (κ1) is 16.0. The molecule has 2 aromatic rings. The zero-order valence-electron chi connectivity index (χ0n) is 11.7. The van der Waals surface area contributed by atoms with Gasteiger partial charge in [-0.05, 0) is 37.3 Å². The number of benzene rings is 2. The number of aliphatic carboxylic acids is 1. The van der Waals surface area contributed by atoms with E-state index in [0.717, 1.165) is 11.0 Å². The summed E-state index contributed by atoms with van der Waals surface area (Å²) in [7, 11) is 0. The summed E-state index contributed by atoms with van der Waals surface area (Å²) in [6.45, 7) is 1.40. The van der Waals surface area contributed by atoms with Crippen molar-refractivity contribution in [2.45, 2.75) is 13.0 Å². The van der Waals surface area contributed by atoms with Crippen LogP contribution in [-0.2, 0) is 4.79 Å². The largest absolute Gasteiger partial charge is 0.480 e. The van der Waals surface area contributed by atoms with Gasteiger partial charge in [0.1, 0.15) is 11.9 Å². The number of halogens is 2. The van der Waals surface area contributed by atoms with Crippen LogP contribution in [0.4, 0.5) is 10.1 Å². The van der Waals surface area contributed by atoms with E-state index < -0.39 is 23.7 Å². The molecule has 6 heteroatoms. The predicted molar refractivity (Wildman–Crippen MR) is 81.8 cm³/mol. The van der Waals surface area contributed by atoms with Crippen molar-refractivity contribution in [1.82, 2.24) is 0 Å². The van der Waals surface area contributed by atoms with E-state index in [1.807, 2.05) is 0 Å².